The van der Waals surface area contributed by atoms with Crippen LogP contribution in [0.2, 0.25) is 5.15 Å². The zero-order chi connectivity index (χ0) is 23.0. The van der Waals surface area contributed by atoms with Crippen LogP contribution in [0, 0.1) is 6.92 Å². The molecule has 0 bridgehead atoms. The van der Waals surface area contributed by atoms with Crippen LogP contribution in [0.25, 0.3) is 16.7 Å². The average Bonchev–Trinajstić information content (AvgIpc) is 3.35. The first kappa shape index (κ1) is 20.5. The van der Waals surface area contributed by atoms with Crippen molar-refractivity contribution in [3.05, 3.63) is 40.9 Å². The molecule has 1 unspecified atom stereocenters. The lowest BCUT2D eigenvalue weighted by molar-refractivity contribution is -0.181. The minimum atomic E-state index is -4.66. The van der Waals surface area contributed by atoms with E-state index in [9.17, 15) is 18.0 Å². The largest absolute Gasteiger partial charge is 0.401 e. The summed E-state index contributed by atoms with van der Waals surface area (Å²) in [6.45, 7) is 2.20. The lowest BCUT2D eigenvalue weighted by atomic mass is 9.88. The highest BCUT2D eigenvalue weighted by Crippen LogP contribution is 2.50. The van der Waals surface area contributed by atoms with E-state index in [-0.39, 0.29) is 28.0 Å². The summed E-state index contributed by atoms with van der Waals surface area (Å²) in [6.07, 6.45) is -1.78. The Bertz CT molecular complexity index is 1410. The molecule has 9 nitrogen and oxygen atoms in total. The quantitative estimate of drug-likeness (QED) is 0.462. The van der Waals surface area contributed by atoms with E-state index in [4.69, 9.17) is 11.6 Å². The maximum atomic E-state index is 14.2. The second-order valence-electron chi connectivity index (χ2n) is 7.91. The van der Waals surface area contributed by atoms with Gasteiger partial charge in [0.25, 0.3) is 0 Å². The Morgan fingerprint density at radius 2 is 2.03 bits per heavy atom. The van der Waals surface area contributed by atoms with Crippen molar-refractivity contribution in [2.75, 3.05) is 16.8 Å². The van der Waals surface area contributed by atoms with Crippen LogP contribution in [-0.2, 0) is 12.5 Å². The molecule has 0 radical (unpaired) electrons. The standard InChI is InChI=1S/C19H16ClF3N8O/c1-9-4-13(26-16-10(9)6-25-29(16)3)27-17(32)30-8-18(2,19(21,22)23)15-11(30)7-24-14-5-12(20)28-31(14)15/h4-7H,8H2,1-3H3,(H,26,27,32). The number of halogens is 4. The maximum absolute atomic E-state index is 14.2. The molecular formula is C19H16ClF3N8O. The van der Waals surface area contributed by atoms with E-state index in [0.29, 0.717) is 5.65 Å². The molecule has 1 aliphatic rings. The monoisotopic (exact) mass is 464 g/mol. The molecular weight excluding hydrogens is 449 g/mol. The lowest BCUT2D eigenvalue weighted by Gasteiger charge is -2.28. The van der Waals surface area contributed by atoms with E-state index in [1.54, 1.807) is 24.0 Å². The topological polar surface area (TPSA) is 93.2 Å². The van der Waals surface area contributed by atoms with E-state index in [2.05, 4.69) is 25.5 Å². The molecule has 13 heteroatoms. The van der Waals surface area contributed by atoms with Crippen LogP contribution in [0.3, 0.4) is 0 Å². The number of pyridine rings is 1. The van der Waals surface area contributed by atoms with E-state index < -0.39 is 24.2 Å². The molecule has 1 aliphatic heterocycles. The minimum Gasteiger partial charge on any atom is -0.292 e. The van der Waals surface area contributed by atoms with Gasteiger partial charge >= 0.3 is 12.2 Å². The molecule has 0 aliphatic carbocycles. The fourth-order valence-electron chi connectivity index (χ4n) is 4.00. The summed E-state index contributed by atoms with van der Waals surface area (Å²) in [4.78, 5) is 22.6. The number of fused-ring (bicyclic) bond motifs is 4. The Labute approximate surface area is 183 Å². The molecule has 5 heterocycles. The fourth-order valence-corrected chi connectivity index (χ4v) is 4.18. The van der Waals surface area contributed by atoms with Crippen molar-refractivity contribution in [1.82, 2.24) is 29.4 Å². The summed E-state index contributed by atoms with van der Waals surface area (Å²) in [5.41, 5.74) is -1.08. The minimum absolute atomic E-state index is 0.00230. The van der Waals surface area contributed by atoms with Crippen molar-refractivity contribution in [3.8, 4) is 0 Å². The van der Waals surface area contributed by atoms with Gasteiger partial charge < -0.3 is 0 Å². The molecule has 4 aromatic rings. The van der Waals surface area contributed by atoms with Crippen LogP contribution in [0.4, 0.5) is 29.5 Å². The van der Waals surface area contributed by atoms with Crippen LogP contribution in [0.1, 0.15) is 18.2 Å². The van der Waals surface area contributed by atoms with Crippen molar-refractivity contribution in [3.63, 3.8) is 0 Å². The van der Waals surface area contributed by atoms with Crippen molar-refractivity contribution >= 4 is 45.8 Å². The predicted octanol–water partition coefficient (Wildman–Crippen LogP) is 3.84. The normalized spacial score (nSPS) is 18.5. The van der Waals surface area contributed by atoms with Crippen LogP contribution < -0.4 is 10.2 Å². The molecule has 0 saturated carbocycles. The molecule has 4 aromatic heterocycles. The Balaban J connectivity index is 1.59. The third kappa shape index (κ3) is 2.82. The van der Waals surface area contributed by atoms with Gasteiger partial charge in [-0.1, -0.05) is 11.6 Å². The number of aryl methyl sites for hydroxylation is 2. The predicted molar refractivity (Wildman–Crippen MR) is 111 cm³/mol. The summed E-state index contributed by atoms with van der Waals surface area (Å²) in [7, 11) is 1.71. The Hall–Kier alpha value is -3.41. The molecule has 5 rings (SSSR count). The fraction of sp³-hybridized carbons (Fsp3) is 0.316. The number of hydrogen-bond donors (Lipinski definition) is 1. The highest BCUT2D eigenvalue weighted by molar-refractivity contribution is 6.29. The Kier molecular flexibility index (Phi) is 4.19. The highest BCUT2D eigenvalue weighted by atomic mass is 35.5. The van der Waals surface area contributed by atoms with E-state index in [0.717, 1.165) is 27.3 Å². The number of nitrogens with zero attached hydrogens (tertiary/aromatic N) is 7. The van der Waals surface area contributed by atoms with Gasteiger partial charge in [0.2, 0.25) is 0 Å². The van der Waals surface area contributed by atoms with Gasteiger partial charge in [0.05, 0.1) is 23.8 Å². The number of anilines is 2. The summed E-state index contributed by atoms with van der Waals surface area (Å²) >= 11 is 5.90. The smallest absolute Gasteiger partial charge is 0.292 e. The van der Waals surface area contributed by atoms with Gasteiger partial charge in [0.15, 0.2) is 16.4 Å². The third-order valence-corrected chi connectivity index (χ3v) is 5.92. The van der Waals surface area contributed by atoms with Crippen LogP contribution in [-0.4, -0.2) is 48.1 Å². The number of nitrogens with one attached hydrogen (secondary N) is 1. The first-order chi connectivity index (χ1) is 15.0. The molecule has 0 saturated heterocycles. The number of alkyl halides is 3. The third-order valence-electron chi connectivity index (χ3n) is 5.74. The van der Waals surface area contributed by atoms with Gasteiger partial charge in [-0.2, -0.15) is 23.4 Å². The molecule has 1 atom stereocenters. The van der Waals surface area contributed by atoms with Gasteiger partial charge in [-0.15, -0.1) is 0 Å². The van der Waals surface area contributed by atoms with E-state index in [1.807, 2.05) is 6.92 Å². The van der Waals surface area contributed by atoms with Gasteiger partial charge in [-0.3, -0.25) is 14.9 Å². The molecule has 32 heavy (non-hydrogen) atoms. The number of amides is 2. The van der Waals surface area contributed by atoms with Crippen molar-refractivity contribution in [1.29, 1.82) is 0 Å². The number of aromatic nitrogens is 6. The van der Waals surface area contributed by atoms with Crippen LogP contribution in [0.15, 0.2) is 24.5 Å². The second-order valence-corrected chi connectivity index (χ2v) is 8.29. The molecule has 0 spiro atoms. The number of carbonyl (C=O) groups is 1. The number of hydrogen-bond acceptors (Lipinski definition) is 5. The van der Waals surface area contributed by atoms with Gasteiger partial charge in [-0.25, -0.2) is 19.3 Å². The second kappa shape index (κ2) is 6.55. The van der Waals surface area contributed by atoms with Crippen molar-refractivity contribution in [2.45, 2.75) is 25.4 Å². The molecule has 0 aromatic carbocycles. The highest BCUT2D eigenvalue weighted by Gasteiger charge is 2.60. The summed E-state index contributed by atoms with van der Waals surface area (Å²) in [6, 6.07) is 2.22. The van der Waals surface area contributed by atoms with E-state index >= 15 is 0 Å². The van der Waals surface area contributed by atoms with E-state index in [1.165, 1.54) is 12.3 Å². The zero-order valence-corrected chi connectivity index (χ0v) is 17.8. The van der Waals surface area contributed by atoms with Crippen LogP contribution >= 0.6 is 11.6 Å². The Morgan fingerprint density at radius 1 is 1.28 bits per heavy atom. The van der Waals surface area contributed by atoms with Crippen molar-refractivity contribution in [2.24, 2.45) is 7.05 Å². The first-order valence-electron chi connectivity index (χ1n) is 9.49. The lowest BCUT2D eigenvalue weighted by Crippen LogP contribution is -2.46. The van der Waals surface area contributed by atoms with Crippen LogP contribution in [0.5, 0.6) is 0 Å². The zero-order valence-electron chi connectivity index (χ0n) is 17.1. The molecule has 166 valence electrons. The summed E-state index contributed by atoms with van der Waals surface area (Å²) < 4.78 is 45.1. The average molecular weight is 465 g/mol. The SMILES string of the molecule is Cc1cc(NC(=O)N2CC(C)(C(F)(F)F)c3c2cnc2cc(Cl)nn32)nc2c1cnn2C. The number of urea groups is 1. The number of carbonyl (C=O) groups excluding carboxylic acids is 1. The summed E-state index contributed by atoms with van der Waals surface area (Å²) in [5.74, 6) is 0.196. The molecule has 1 N–H and O–H groups in total. The first-order valence-corrected chi connectivity index (χ1v) is 9.87. The van der Waals surface area contributed by atoms with Gasteiger partial charge in [-0.05, 0) is 25.5 Å². The summed E-state index contributed by atoms with van der Waals surface area (Å²) in [5, 5.41) is 11.5. The van der Waals surface area contributed by atoms with Gasteiger partial charge in [0.1, 0.15) is 11.2 Å². The molecule has 2 amide bonds. The van der Waals surface area contributed by atoms with Gasteiger partial charge in [0, 0.05) is 25.0 Å². The molecule has 0 fully saturated rings. The Morgan fingerprint density at radius 3 is 2.75 bits per heavy atom. The van der Waals surface area contributed by atoms with Crippen molar-refractivity contribution < 1.29 is 18.0 Å². The maximum Gasteiger partial charge on any atom is 0.401 e. The number of rotatable bonds is 1.